The maximum atomic E-state index is 5.65. The molecule has 0 saturated heterocycles. The molecule has 80 valence electrons. The Morgan fingerprint density at radius 1 is 1.40 bits per heavy atom. The van der Waals surface area contributed by atoms with Crippen LogP contribution in [-0.4, -0.2) is 24.0 Å². The van der Waals surface area contributed by atoms with Gasteiger partial charge in [-0.25, -0.2) is 4.98 Å². The van der Waals surface area contributed by atoms with Crippen LogP contribution in [0.3, 0.4) is 0 Å². The van der Waals surface area contributed by atoms with Crippen LogP contribution in [0.25, 0.3) is 0 Å². The zero-order valence-corrected chi connectivity index (χ0v) is 8.60. The highest BCUT2D eigenvalue weighted by Crippen LogP contribution is 2.26. The van der Waals surface area contributed by atoms with Crippen molar-refractivity contribution in [3.63, 3.8) is 0 Å². The third kappa shape index (κ3) is 1.92. The molecular formula is C10H14N4O. The Morgan fingerprint density at radius 3 is 2.87 bits per heavy atom. The highest BCUT2D eigenvalue weighted by Gasteiger charge is 2.31. The summed E-state index contributed by atoms with van der Waals surface area (Å²) in [5, 5.41) is 0. The van der Waals surface area contributed by atoms with Crippen LogP contribution in [0.2, 0.25) is 0 Å². The largest absolute Gasteiger partial charge is 0.386 e. The van der Waals surface area contributed by atoms with E-state index < -0.39 is 5.54 Å². The third-order valence-corrected chi connectivity index (χ3v) is 2.35. The van der Waals surface area contributed by atoms with Crippen LogP contribution in [0, 0.1) is 0 Å². The van der Waals surface area contributed by atoms with Crippen LogP contribution in [0.4, 0.5) is 5.82 Å². The summed E-state index contributed by atoms with van der Waals surface area (Å²) in [6.07, 6.45) is 0. The number of nitrogen functional groups attached to an aromatic ring is 1. The van der Waals surface area contributed by atoms with Crippen molar-refractivity contribution < 1.29 is 4.74 Å². The molecule has 1 atom stereocenters. The minimum absolute atomic E-state index is 0.387. The molecule has 1 aliphatic heterocycles. The van der Waals surface area contributed by atoms with E-state index >= 15 is 0 Å². The Kier molecular flexibility index (Phi) is 2.32. The number of hydrogen-bond acceptors (Lipinski definition) is 5. The van der Waals surface area contributed by atoms with Gasteiger partial charge >= 0.3 is 0 Å². The standard InChI is InChI=1S/C10H14N4O/c1-10(6-15-5-9(12)14-10)7-3-2-4-8(11)13-7/h2-4H,5-6H2,1H3,(H2,11,13)(H2,12,14)/t10-/m0/s1. The summed E-state index contributed by atoms with van der Waals surface area (Å²) in [5.41, 5.74) is 11.5. The number of nitrogens with two attached hydrogens (primary N) is 2. The maximum absolute atomic E-state index is 5.65. The van der Waals surface area contributed by atoms with Gasteiger partial charge < -0.3 is 16.2 Å². The van der Waals surface area contributed by atoms with Gasteiger partial charge in [0, 0.05) is 0 Å². The molecule has 2 heterocycles. The fourth-order valence-electron chi connectivity index (χ4n) is 1.62. The lowest BCUT2D eigenvalue weighted by Gasteiger charge is -2.29. The first kappa shape index (κ1) is 9.92. The number of ether oxygens (including phenoxy) is 1. The van der Waals surface area contributed by atoms with Gasteiger partial charge in [0.2, 0.25) is 0 Å². The van der Waals surface area contributed by atoms with Gasteiger partial charge in [0.25, 0.3) is 0 Å². The van der Waals surface area contributed by atoms with Crippen molar-refractivity contribution in [1.29, 1.82) is 0 Å². The molecule has 1 aromatic heterocycles. The molecule has 0 aliphatic carbocycles. The van der Waals surface area contributed by atoms with Gasteiger partial charge in [-0.15, -0.1) is 0 Å². The monoisotopic (exact) mass is 206 g/mol. The average Bonchev–Trinajstić information content (AvgIpc) is 2.17. The van der Waals surface area contributed by atoms with Gasteiger partial charge in [-0.05, 0) is 19.1 Å². The Morgan fingerprint density at radius 2 is 2.20 bits per heavy atom. The summed E-state index contributed by atoms with van der Waals surface area (Å²) in [5.74, 6) is 0.973. The van der Waals surface area contributed by atoms with E-state index in [4.69, 9.17) is 16.2 Å². The molecule has 2 rings (SSSR count). The van der Waals surface area contributed by atoms with Crippen molar-refractivity contribution in [1.82, 2.24) is 4.98 Å². The molecule has 0 amide bonds. The van der Waals surface area contributed by atoms with Gasteiger partial charge in [-0.2, -0.15) is 0 Å². The number of pyridine rings is 1. The minimum Gasteiger partial charge on any atom is -0.386 e. The van der Waals surface area contributed by atoms with Gasteiger partial charge in [0.15, 0.2) is 0 Å². The Balaban J connectivity index is 2.41. The van der Waals surface area contributed by atoms with E-state index in [9.17, 15) is 0 Å². The quantitative estimate of drug-likeness (QED) is 0.690. The Bertz CT molecular complexity index is 404. The first-order valence-corrected chi connectivity index (χ1v) is 4.75. The third-order valence-electron chi connectivity index (χ3n) is 2.35. The average molecular weight is 206 g/mol. The highest BCUT2D eigenvalue weighted by atomic mass is 16.5. The van der Waals surface area contributed by atoms with Crippen molar-refractivity contribution in [2.45, 2.75) is 12.5 Å². The molecule has 0 spiro atoms. The zero-order chi connectivity index (χ0) is 10.9. The normalized spacial score (nSPS) is 26.1. The van der Waals surface area contributed by atoms with Gasteiger partial charge in [-0.1, -0.05) is 6.07 Å². The van der Waals surface area contributed by atoms with Crippen LogP contribution in [0.5, 0.6) is 0 Å². The van der Waals surface area contributed by atoms with Crippen molar-refractivity contribution in [3.05, 3.63) is 23.9 Å². The van der Waals surface area contributed by atoms with E-state index in [1.54, 1.807) is 6.07 Å². The number of aromatic nitrogens is 1. The molecule has 0 aromatic carbocycles. The maximum Gasteiger partial charge on any atom is 0.125 e. The van der Waals surface area contributed by atoms with Gasteiger partial charge in [0.05, 0.1) is 12.3 Å². The molecule has 0 fully saturated rings. The van der Waals surface area contributed by atoms with Crippen molar-refractivity contribution in [2.75, 3.05) is 18.9 Å². The summed E-state index contributed by atoms with van der Waals surface area (Å²) >= 11 is 0. The summed E-state index contributed by atoms with van der Waals surface area (Å²) in [6, 6.07) is 5.47. The van der Waals surface area contributed by atoms with Crippen LogP contribution in [0.1, 0.15) is 12.6 Å². The number of hydrogen-bond donors (Lipinski definition) is 2. The molecular weight excluding hydrogens is 192 g/mol. The predicted molar refractivity (Wildman–Crippen MR) is 58.4 cm³/mol. The molecule has 0 radical (unpaired) electrons. The molecule has 0 unspecified atom stereocenters. The number of anilines is 1. The molecule has 5 heteroatoms. The van der Waals surface area contributed by atoms with Crippen molar-refractivity contribution in [2.24, 2.45) is 10.7 Å². The predicted octanol–water partition coefficient (Wildman–Crippen LogP) is 0.266. The second-order valence-corrected chi connectivity index (χ2v) is 3.82. The van der Waals surface area contributed by atoms with Crippen LogP contribution in [-0.2, 0) is 10.3 Å². The Labute approximate surface area is 88.2 Å². The van der Waals surface area contributed by atoms with E-state index in [0.29, 0.717) is 24.9 Å². The minimum atomic E-state index is -0.516. The van der Waals surface area contributed by atoms with E-state index in [-0.39, 0.29) is 0 Å². The summed E-state index contributed by atoms with van der Waals surface area (Å²) in [7, 11) is 0. The number of rotatable bonds is 1. The van der Waals surface area contributed by atoms with Crippen LogP contribution in [0.15, 0.2) is 23.2 Å². The number of nitrogens with zero attached hydrogens (tertiary/aromatic N) is 2. The highest BCUT2D eigenvalue weighted by molar-refractivity contribution is 5.82. The van der Waals surface area contributed by atoms with Gasteiger partial charge in [-0.3, -0.25) is 4.99 Å². The smallest absolute Gasteiger partial charge is 0.125 e. The molecule has 5 nitrogen and oxygen atoms in total. The molecule has 1 aliphatic rings. The fourth-order valence-corrected chi connectivity index (χ4v) is 1.62. The number of aliphatic imine (C=N–C) groups is 1. The van der Waals surface area contributed by atoms with Gasteiger partial charge in [0.1, 0.15) is 23.8 Å². The van der Waals surface area contributed by atoms with E-state index in [2.05, 4.69) is 9.98 Å². The molecule has 0 bridgehead atoms. The second-order valence-electron chi connectivity index (χ2n) is 3.82. The molecule has 15 heavy (non-hydrogen) atoms. The Hall–Kier alpha value is -1.62. The lowest BCUT2D eigenvalue weighted by Crippen LogP contribution is -2.38. The first-order chi connectivity index (χ1) is 7.10. The molecule has 0 saturated carbocycles. The zero-order valence-electron chi connectivity index (χ0n) is 8.60. The molecule has 1 aromatic rings. The molecule has 4 N–H and O–H groups in total. The van der Waals surface area contributed by atoms with Crippen molar-refractivity contribution in [3.8, 4) is 0 Å². The van der Waals surface area contributed by atoms with E-state index in [1.807, 2.05) is 19.1 Å². The summed E-state index contributed by atoms with van der Waals surface area (Å²) < 4.78 is 5.36. The fraction of sp³-hybridized carbons (Fsp3) is 0.400. The van der Waals surface area contributed by atoms with E-state index in [0.717, 1.165) is 5.69 Å². The second kappa shape index (κ2) is 3.51. The van der Waals surface area contributed by atoms with Crippen LogP contribution >= 0.6 is 0 Å². The van der Waals surface area contributed by atoms with Crippen molar-refractivity contribution >= 4 is 11.7 Å². The lowest BCUT2D eigenvalue weighted by molar-refractivity contribution is 0.104. The van der Waals surface area contributed by atoms with E-state index in [1.165, 1.54) is 0 Å². The first-order valence-electron chi connectivity index (χ1n) is 4.75. The number of amidine groups is 1. The lowest BCUT2D eigenvalue weighted by atomic mass is 9.98. The SMILES string of the molecule is C[C@@]1(c2cccc(N)n2)COCC(N)=N1. The topological polar surface area (TPSA) is 86.5 Å². The summed E-state index contributed by atoms with van der Waals surface area (Å²) in [4.78, 5) is 8.62. The van der Waals surface area contributed by atoms with Crippen LogP contribution < -0.4 is 11.5 Å². The summed E-state index contributed by atoms with van der Waals surface area (Å²) in [6.45, 7) is 2.79.